The molecule has 6 heteroatoms. The minimum Gasteiger partial charge on any atom is -0.478 e. The summed E-state index contributed by atoms with van der Waals surface area (Å²) in [5.74, 6) is -0.0763. The minimum absolute atomic E-state index is 0.161. The van der Waals surface area contributed by atoms with E-state index in [0.29, 0.717) is 22.6 Å². The minimum atomic E-state index is -1.01. The zero-order valence-electron chi connectivity index (χ0n) is 18.3. The fourth-order valence-corrected chi connectivity index (χ4v) is 4.46. The Hall–Kier alpha value is -3.80. The van der Waals surface area contributed by atoms with Crippen LogP contribution in [0.2, 0.25) is 0 Å². The molecule has 0 saturated carbocycles. The predicted octanol–water partition coefficient (Wildman–Crippen LogP) is 5.83. The van der Waals surface area contributed by atoms with Crippen molar-refractivity contribution >= 4 is 22.8 Å². The Morgan fingerprint density at radius 2 is 1.64 bits per heavy atom. The van der Waals surface area contributed by atoms with Gasteiger partial charge in [0, 0.05) is 18.7 Å². The number of piperidine rings is 1. The third-order valence-corrected chi connectivity index (χ3v) is 6.35. The molecule has 0 aliphatic carbocycles. The van der Waals surface area contributed by atoms with Crippen molar-refractivity contribution in [3.8, 4) is 11.3 Å². The highest BCUT2D eigenvalue weighted by Gasteiger charge is 2.25. The maximum atomic E-state index is 13.6. The Bertz CT molecular complexity index is 1310. The summed E-state index contributed by atoms with van der Waals surface area (Å²) in [5, 5.41) is 9.36. The third-order valence-electron chi connectivity index (χ3n) is 6.35. The summed E-state index contributed by atoms with van der Waals surface area (Å²) in [6.07, 6.45) is 2.01. The Balaban J connectivity index is 1.51. The monoisotopic (exact) mass is 441 g/mol. The van der Waals surface area contributed by atoms with Crippen LogP contribution < -0.4 is 4.90 Å². The van der Waals surface area contributed by atoms with E-state index >= 15 is 0 Å². The first-order chi connectivity index (χ1) is 16.0. The number of nitrogens with zero attached hydrogens (tertiary/aromatic N) is 3. The van der Waals surface area contributed by atoms with Crippen molar-refractivity contribution < 1.29 is 14.3 Å². The molecule has 5 nitrogen and oxygen atoms in total. The van der Waals surface area contributed by atoms with Crippen molar-refractivity contribution in [1.82, 2.24) is 9.97 Å². The number of carbonyl (C=O) groups is 1. The van der Waals surface area contributed by atoms with E-state index in [1.165, 1.54) is 29.3 Å². The quantitative estimate of drug-likeness (QED) is 0.432. The Morgan fingerprint density at radius 3 is 2.30 bits per heavy atom. The van der Waals surface area contributed by atoms with E-state index in [1.54, 1.807) is 24.3 Å². The van der Waals surface area contributed by atoms with E-state index in [0.717, 1.165) is 37.3 Å². The molecule has 33 heavy (non-hydrogen) atoms. The van der Waals surface area contributed by atoms with Crippen molar-refractivity contribution in [2.75, 3.05) is 18.0 Å². The molecule has 1 aromatic heterocycles. The molecule has 0 atom stereocenters. The Kier molecular flexibility index (Phi) is 5.50. The van der Waals surface area contributed by atoms with Gasteiger partial charge in [-0.25, -0.2) is 19.2 Å². The van der Waals surface area contributed by atoms with Crippen LogP contribution in [0.5, 0.6) is 0 Å². The van der Waals surface area contributed by atoms with E-state index in [9.17, 15) is 14.3 Å². The van der Waals surface area contributed by atoms with Gasteiger partial charge in [0.25, 0.3) is 0 Å². The first-order valence-electron chi connectivity index (χ1n) is 11.1. The molecule has 0 unspecified atom stereocenters. The number of benzene rings is 3. The molecule has 1 aliphatic rings. The zero-order chi connectivity index (χ0) is 22.9. The van der Waals surface area contributed by atoms with Crippen LogP contribution >= 0.6 is 0 Å². The zero-order valence-corrected chi connectivity index (χ0v) is 18.3. The largest absolute Gasteiger partial charge is 0.478 e. The van der Waals surface area contributed by atoms with Gasteiger partial charge in [-0.3, -0.25) is 0 Å². The van der Waals surface area contributed by atoms with Crippen LogP contribution in [-0.2, 0) is 0 Å². The predicted molar refractivity (Wildman–Crippen MR) is 127 cm³/mol. The lowest BCUT2D eigenvalue weighted by Gasteiger charge is -2.34. The summed E-state index contributed by atoms with van der Waals surface area (Å²) in [4.78, 5) is 23.3. The van der Waals surface area contributed by atoms with E-state index in [1.807, 2.05) is 0 Å². The first kappa shape index (κ1) is 21.1. The van der Waals surface area contributed by atoms with Gasteiger partial charge in [-0.2, -0.15) is 0 Å². The molecule has 4 aromatic rings. The first-order valence-corrected chi connectivity index (χ1v) is 11.1. The van der Waals surface area contributed by atoms with E-state index in [2.05, 4.69) is 36.1 Å². The van der Waals surface area contributed by atoms with Gasteiger partial charge >= 0.3 is 5.97 Å². The number of aryl methyl sites for hydroxylation is 1. The summed E-state index contributed by atoms with van der Waals surface area (Å²) in [6, 6.07) is 19.7. The SMILES string of the molecule is Cc1ccc(C2CCN(c3nc4ccc(C(=O)O)cc4nc3-c3ccc(F)cc3)CC2)cc1. The van der Waals surface area contributed by atoms with Crippen molar-refractivity contribution in [1.29, 1.82) is 0 Å². The Labute approximate surface area is 191 Å². The number of aromatic nitrogens is 2. The summed E-state index contributed by atoms with van der Waals surface area (Å²) >= 11 is 0. The fourth-order valence-electron chi connectivity index (χ4n) is 4.46. The van der Waals surface area contributed by atoms with Crippen LogP contribution in [0.1, 0.15) is 40.2 Å². The number of carboxylic acids is 1. The number of fused-ring (bicyclic) bond motifs is 1. The van der Waals surface area contributed by atoms with E-state index in [4.69, 9.17) is 9.97 Å². The highest BCUT2D eigenvalue weighted by Crippen LogP contribution is 2.35. The molecular formula is C27H24FN3O2. The smallest absolute Gasteiger partial charge is 0.335 e. The van der Waals surface area contributed by atoms with Gasteiger partial charge in [0.15, 0.2) is 5.82 Å². The molecule has 1 fully saturated rings. The van der Waals surface area contributed by atoms with Gasteiger partial charge in [-0.05, 0) is 73.7 Å². The normalized spacial score (nSPS) is 14.5. The molecule has 1 N–H and O–H groups in total. The Morgan fingerprint density at radius 1 is 0.939 bits per heavy atom. The molecule has 0 amide bonds. The number of aromatic carboxylic acids is 1. The van der Waals surface area contributed by atoms with E-state index in [-0.39, 0.29) is 11.4 Å². The summed E-state index contributed by atoms with van der Waals surface area (Å²) in [5.41, 5.74) is 5.32. The molecular weight excluding hydrogens is 417 g/mol. The maximum Gasteiger partial charge on any atom is 0.335 e. The maximum absolute atomic E-state index is 13.6. The summed E-state index contributed by atoms with van der Waals surface area (Å²) < 4.78 is 13.6. The molecule has 1 saturated heterocycles. The highest BCUT2D eigenvalue weighted by atomic mass is 19.1. The molecule has 2 heterocycles. The van der Waals surface area contributed by atoms with Crippen LogP contribution in [0.25, 0.3) is 22.3 Å². The van der Waals surface area contributed by atoms with Crippen LogP contribution in [0.4, 0.5) is 10.2 Å². The van der Waals surface area contributed by atoms with E-state index < -0.39 is 5.97 Å². The number of carboxylic acid groups (broad SMARTS) is 1. The van der Waals surface area contributed by atoms with Crippen LogP contribution in [-0.4, -0.2) is 34.1 Å². The number of halogens is 1. The molecule has 0 radical (unpaired) electrons. The highest BCUT2D eigenvalue weighted by molar-refractivity contribution is 5.93. The second kappa shape index (κ2) is 8.62. The summed E-state index contributed by atoms with van der Waals surface area (Å²) in [6.45, 7) is 3.77. The topological polar surface area (TPSA) is 66.3 Å². The lowest BCUT2D eigenvalue weighted by atomic mass is 9.89. The summed E-state index contributed by atoms with van der Waals surface area (Å²) in [7, 11) is 0. The van der Waals surface area contributed by atoms with Gasteiger partial charge in [0.05, 0.1) is 16.6 Å². The number of hydrogen-bond donors (Lipinski definition) is 1. The average molecular weight is 442 g/mol. The van der Waals surface area contributed by atoms with Crippen LogP contribution in [0.15, 0.2) is 66.7 Å². The molecule has 0 spiro atoms. The number of rotatable bonds is 4. The van der Waals surface area contributed by atoms with Gasteiger partial charge in [0.1, 0.15) is 11.5 Å². The lowest BCUT2D eigenvalue weighted by Crippen LogP contribution is -2.34. The molecule has 3 aromatic carbocycles. The molecule has 5 rings (SSSR count). The van der Waals surface area contributed by atoms with Crippen molar-refractivity contribution in [3.63, 3.8) is 0 Å². The van der Waals surface area contributed by atoms with Crippen LogP contribution in [0, 0.1) is 12.7 Å². The lowest BCUT2D eigenvalue weighted by molar-refractivity contribution is 0.0697. The number of anilines is 1. The molecule has 166 valence electrons. The van der Waals surface area contributed by atoms with Gasteiger partial charge in [0.2, 0.25) is 0 Å². The fraction of sp³-hybridized carbons (Fsp3) is 0.222. The standard InChI is InChI=1S/C27H24FN3O2/c1-17-2-4-18(5-3-17)19-12-14-31(15-13-19)26-25(20-6-9-22(28)10-7-20)29-24-16-21(27(32)33)8-11-23(24)30-26/h2-11,16,19H,12-15H2,1H3,(H,32,33). The second-order valence-electron chi connectivity index (χ2n) is 8.58. The molecule has 0 bridgehead atoms. The van der Waals surface area contributed by atoms with Gasteiger partial charge < -0.3 is 10.0 Å². The van der Waals surface area contributed by atoms with Gasteiger partial charge in [-0.1, -0.05) is 29.8 Å². The van der Waals surface area contributed by atoms with Crippen molar-refractivity contribution in [2.24, 2.45) is 0 Å². The average Bonchev–Trinajstić information content (AvgIpc) is 2.84. The van der Waals surface area contributed by atoms with Crippen molar-refractivity contribution in [3.05, 3.63) is 89.2 Å². The van der Waals surface area contributed by atoms with Crippen molar-refractivity contribution in [2.45, 2.75) is 25.7 Å². The second-order valence-corrected chi connectivity index (χ2v) is 8.58. The number of hydrogen-bond acceptors (Lipinski definition) is 4. The van der Waals surface area contributed by atoms with Crippen LogP contribution in [0.3, 0.4) is 0 Å². The van der Waals surface area contributed by atoms with Gasteiger partial charge in [-0.15, -0.1) is 0 Å². The molecule has 1 aliphatic heterocycles. The third kappa shape index (κ3) is 4.29.